The summed E-state index contributed by atoms with van der Waals surface area (Å²) in [5.74, 6) is -5.07. The molecule has 126 valence electrons. The summed E-state index contributed by atoms with van der Waals surface area (Å²) in [4.78, 5) is 44.6. The van der Waals surface area contributed by atoms with Crippen LogP contribution in [0.1, 0.15) is 13.3 Å². The largest absolute Gasteiger partial charge is 0.481 e. The van der Waals surface area contributed by atoms with Crippen LogP contribution in [-0.4, -0.2) is 75.0 Å². The van der Waals surface area contributed by atoms with Crippen molar-refractivity contribution >= 4 is 23.8 Å². The van der Waals surface area contributed by atoms with E-state index in [2.05, 4.69) is 0 Å². The molecule has 0 radical (unpaired) electrons. The van der Waals surface area contributed by atoms with Gasteiger partial charge in [0, 0.05) is 0 Å². The van der Waals surface area contributed by atoms with Gasteiger partial charge in [0.15, 0.2) is 0 Å². The molecule has 4 unspecified atom stereocenters. The van der Waals surface area contributed by atoms with Gasteiger partial charge in [0.05, 0.1) is 19.1 Å². The number of hydrogen-bond donors (Lipinski definition) is 7. The molecule has 0 aliphatic rings. The number of carbonyl (C=O) groups is 4. The lowest BCUT2D eigenvalue weighted by molar-refractivity contribution is -0.147. The number of carboxylic acids is 2. The smallest absolute Gasteiger partial charge is 0.326 e. The molecule has 0 fully saturated rings. The van der Waals surface area contributed by atoms with Crippen molar-refractivity contribution in [2.75, 3.05) is 6.61 Å². The van der Waals surface area contributed by atoms with Gasteiger partial charge in [0.1, 0.15) is 18.1 Å². The highest BCUT2D eigenvalue weighted by Crippen LogP contribution is 1.96. The molecular formula is C11H19N3O8. The topological polar surface area (TPSA) is 199 Å². The molecule has 0 spiro atoms. The number of carbonyl (C=O) groups excluding carboxylic acids is 2. The van der Waals surface area contributed by atoms with Crippen LogP contribution in [0.4, 0.5) is 0 Å². The quantitative estimate of drug-likeness (QED) is 0.222. The Bertz CT molecular complexity index is 439. The maximum Gasteiger partial charge on any atom is 0.326 e. The Morgan fingerprint density at radius 1 is 1.05 bits per heavy atom. The third-order valence-electron chi connectivity index (χ3n) is 2.63. The van der Waals surface area contributed by atoms with E-state index in [-0.39, 0.29) is 0 Å². The minimum Gasteiger partial charge on any atom is -0.481 e. The third-order valence-corrected chi connectivity index (χ3v) is 2.63. The number of rotatable bonds is 9. The fourth-order valence-corrected chi connectivity index (χ4v) is 1.33. The summed E-state index contributed by atoms with van der Waals surface area (Å²) in [7, 11) is 0. The van der Waals surface area contributed by atoms with Gasteiger partial charge in [-0.25, -0.2) is 4.79 Å². The van der Waals surface area contributed by atoms with Crippen molar-refractivity contribution in [2.24, 2.45) is 5.73 Å². The molecule has 0 aromatic rings. The molecule has 0 saturated carbocycles. The van der Waals surface area contributed by atoms with Crippen LogP contribution in [0.2, 0.25) is 0 Å². The maximum atomic E-state index is 11.8. The van der Waals surface area contributed by atoms with Gasteiger partial charge in [-0.1, -0.05) is 0 Å². The molecule has 0 aliphatic heterocycles. The van der Waals surface area contributed by atoms with E-state index in [1.54, 1.807) is 0 Å². The zero-order valence-electron chi connectivity index (χ0n) is 11.7. The number of hydrogen-bond acceptors (Lipinski definition) is 7. The van der Waals surface area contributed by atoms with E-state index >= 15 is 0 Å². The summed E-state index contributed by atoms with van der Waals surface area (Å²) in [6.45, 7) is 0.370. The second kappa shape index (κ2) is 8.92. The van der Waals surface area contributed by atoms with Crippen molar-refractivity contribution in [3.8, 4) is 0 Å². The van der Waals surface area contributed by atoms with Crippen molar-refractivity contribution in [3.63, 3.8) is 0 Å². The molecule has 0 rings (SSSR count). The van der Waals surface area contributed by atoms with E-state index in [9.17, 15) is 19.2 Å². The number of aliphatic carboxylic acids is 2. The molecule has 22 heavy (non-hydrogen) atoms. The minimum atomic E-state index is -1.72. The van der Waals surface area contributed by atoms with Gasteiger partial charge in [0.25, 0.3) is 0 Å². The second-order valence-corrected chi connectivity index (χ2v) is 4.51. The standard InChI is InChI=1S/C11H19N3O8/c1-4(16)8(12)10(20)14-6(3-15)9(19)13-5(11(21)22)2-7(17)18/h4-6,8,15-16H,2-3,12H2,1H3,(H,13,19)(H,14,20)(H,17,18)(H,21,22). The van der Waals surface area contributed by atoms with Crippen LogP contribution in [0.3, 0.4) is 0 Å². The van der Waals surface area contributed by atoms with Gasteiger partial charge >= 0.3 is 11.9 Å². The van der Waals surface area contributed by atoms with Crippen LogP contribution >= 0.6 is 0 Å². The summed E-state index contributed by atoms with van der Waals surface area (Å²) in [5.41, 5.74) is 5.33. The second-order valence-electron chi connectivity index (χ2n) is 4.51. The predicted molar refractivity (Wildman–Crippen MR) is 70.5 cm³/mol. The van der Waals surface area contributed by atoms with Crippen molar-refractivity contribution in [3.05, 3.63) is 0 Å². The van der Waals surface area contributed by atoms with Crippen LogP contribution in [0, 0.1) is 0 Å². The molecule has 2 amide bonds. The summed E-state index contributed by atoms with van der Waals surface area (Å²) in [6, 6.07) is -4.61. The predicted octanol–water partition coefficient (Wildman–Crippen LogP) is -3.78. The van der Waals surface area contributed by atoms with Gasteiger partial charge in [0.2, 0.25) is 11.8 Å². The Kier molecular flexibility index (Phi) is 8.01. The first-order chi connectivity index (χ1) is 10.1. The van der Waals surface area contributed by atoms with Gasteiger partial charge < -0.3 is 36.8 Å². The van der Waals surface area contributed by atoms with E-state index in [0.717, 1.165) is 0 Å². The molecule has 11 nitrogen and oxygen atoms in total. The van der Waals surface area contributed by atoms with Crippen LogP contribution in [-0.2, 0) is 19.2 Å². The fourth-order valence-electron chi connectivity index (χ4n) is 1.33. The zero-order chi connectivity index (χ0) is 17.4. The van der Waals surface area contributed by atoms with Crippen molar-refractivity contribution in [2.45, 2.75) is 37.6 Å². The summed E-state index contributed by atoms with van der Waals surface area (Å²) >= 11 is 0. The van der Waals surface area contributed by atoms with E-state index in [0.29, 0.717) is 0 Å². The molecule has 8 N–H and O–H groups in total. The minimum absolute atomic E-state index is 0.872. The van der Waals surface area contributed by atoms with Gasteiger partial charge in [-0.15, -0.1) is 0 Å². The Balaban J connectivity index is 4.80. The lowest BCUT2D eigenvalue weighted by atomic mass is 10.1. The van der Waals surface area contributed by atoms with Crippen molar-refractivity contribution < 1.29 is 39.6 Å². The van der Waals surface area contributed by atoms with Crippen LogP contribution in [0.15, 0.2) is 0 Å². The Labute approximate surface area is 125 Å². The van der Waals surface area contributed by atoms with Crippen LogP contribution in [0.5, 0.6) is 0 Å². The summed E-state index contributed by atoms with van der Waals surface area (Å²) in [5, 5.41) is 39.4. The molecule has 0 heterocycles. The van der Waals surface area contributed by atoms with Crippen LogP contribution in [0.25, 0.3) is 0 Å². The number of nitrogens with two attached hydrogens (primary N) is 1. The first-order valence-corrected chi connectivity index (χ1v) is 6.20. The van der Waals surface area contributed by atoms with Gasteiger partial charge in [-0.2, -0.15) is 0 Å². The number of amides is 2. The fraction of sp³-hybridized carbons (Fsp3) is 0.636. The SMILES string of the molecule is CC(O)C(N)C(=O)NC(CO)C(=O)NC(CC(=O)O)C(=O)O. The first-order valence-electron chi connectivity index (χ1n) is 6.20. The molecule has 11 heteroatoms. The summed E-state index contributed by atoms with van der Waals surface area (Å²) in [6.07, 6.45) is -2.08. The Morgan fingerprint density at radius 2 is 1.55 bits per heavy atom. The molecule has 0 aromatic heterocycles. The lowest BCUT2D eigenvalue weighted by Crippen LogP contribution is -2.57. The molecule has 0 aliphatic carbocycles. The average molecular weight is 321 g/mol. The van der Waals surface area contributed by atoms with E-state index in [1.165, 1.54) is 6.92 Å². The van der Waals surface area contributed by atoms with Crippen molar-refractivity contribution in [1.82, 2.24) is 10.6 Å². The van der Waals surface area contributed by atoms with E-state index in [1.807, 2.05) is 10.6 Å². The number of nitrogens with one attached hydrogen (secondary N) is 2. The average Bonchev–Trinajstić information content (AvgIpc) is 2.41. The molecule has 0 saturated heterocycles. The lowest BCUT2D eigenvalue weighted by Gasteiger charge is -2.21. The molecule has 0 aromatic carbocycles. The maximum absolute atomic E-state index is 11.8. The normalized spacial score (nSPS) is 16.0. The van der Waals surface area contributed by atoms with Crippen LogP contribution < -0.4 is 16.4 Å². The molecule has 0 bridgehead atoms. The third kappa shape index (κ3) is 6.47. The number of carboxylic acid groups (broad SMARTS) is 2. The monoisotopic (exact) mass is 321 g/mol. The summed E-state index contributed by atoms with van der Waals surface area (Å²) < 4.78 is 0. The number of aliphatic hydroxyl groups excluding tert-OH is 2. The zero-order valence-corrected chi connectivity index (χ0v) is 11.7. The highest BCUT2D eigenvalue weighted by atomic mass is 16.4. The van der Waals surface area contributed by atoms with Gasteiger partial charge in [-0.3, -0.25) is 14.4 Å². The van der Waals surface area contributed by atoms with E-state index in [4.69, 9.17) is 26.2 Å². The molecule has 4 atom stereocenters. The van der Waals surface area contributed by atoms with Gasteiger partial charge in [-0.05, 0) is 6.92 Å². The van der Waals surface area contributed by atoms with Crippen molar-refractivity contribution in [1.29, 1.82) is 0 Å². The highest BCUT2D eigenvalue weighted by Gasteiger charge is 2.29. The highest BCUT2D eigenvalue weighted by molar-refractivity contribution is 5.92. The first kappa shape index (κ1) is 19.8. The Hall–Kier alpha value is -2.24. The Morgan fingerprint density at radius 3 is 1.91 bits per heavy atom. The van der Waals surface area contributed by atoms with E-state index < -0.39 is 61.0 Å². The molecular weight excluding hydrogens is 302 g/mol. The number of aliphatic hydroxyl groups is 2.